The average molecular weight is 537 g/mol. The molecule has 0 amide bonds. The maximum Gasteiger partial charge on any atom is 0.182 e. The van der Waals surface area contributed by atoms with E-state index in [4.69, 9.17) is 0 Å². The Morgan fingerprint density at radius 1 is 0.650 bits per heavy atom. The van der Waals surface area contributed by atoms with Crippen LogP contribution in [-0.2, 0) is 15.6 Å². The summed E-state index contributed by atoms with van der Waals surface area (Å²) in [6.45, 7) is 9.11. The van der Waals surface area contributed by atoms with Gasteiger partial charge in [-0.2, -0.15) is 0 Å². The number of fused-ring (bicyclic) bond motifs is 2. The molecule has 0 bridgehead atoms. The van der Waals surface area contributed by atoms with Crippen LogP contribution in [0.4, 0.5) is 11.4 Å². The second-order valence-electron chi connectivity index (χ2n) is 14.1. The van der Waals surface area contributed by atoms with Crippen molar-refractivity contribution in [3.8, 4) is 0 Å². The molecule has 40 heavy (non-hydrogen) atoms. The molecule has 0 N–H and O–H groups in total. The van der Waals surface area contributed by atoms with Crippen molar-refractivity contribution >= 4 is 17.2 Å². The number of benzene rings is 2. The van der Waals surface area contributed by atoms with Crippen LogP contribution >= 0.6 is 0 Å². The van der Waals surface area contributed by atoms with Crippen LogP contribution in [0.2, 0.25) is 0 Å². The zero-order chi connectivity index (χ0) is 28.2. The van der Waals surface area contributed by atoms with Crippen LogP contribution in [0.5, 0.6) is 0 Å². The summed E-state index contributed by atoms with van der Waals surface area (Å²) in [6, 6.07) is 14.1. The van der Waals surface area contributed by atoms with Crippen molar-refractivity contribution in [1.29, 1.82) is 0 Å². The van der Waals surface area contributed by atoms with Crippen LogP contribution in [0, 0.1) is 0 Å². The molecule has 6 rings (SSSR count). The van der Waals surface area contributed by atoms with E-state index in [0.29, 0.717) is 11.8 Å². The lowest BCUT2D eigenvalue weighted by molar-refractivity contribution is -0.110. The van der Waals surface area contributed by atoms with Crippen LogP contribution in [-0.4, -0.2) is 19.9 Å². The lowest BCUT2D eigenvalue weighted by atomic mass is 9.78. The van der Waals surface area contributed by atoms with Gasteiger partial charge < -0.3 is 9.80 Å². The van der Waals surface area contributed by atoms with Gasteiger partial charge in [0.15, 0.2) is 5.78 Å². The Bertz CT molecular complexity index is 1260. The summed E-state index contributed by atoms with van der Waals surface area (Å²) in [6.07, 6.45) is 17.1. The predicted molar refractivity (Wildman–Crippen MR) is 169 cm³/mol. The lowest BCUT2D eigenvalue weighted by Crippen LogP contribution is -2.25. The summed E-state index contributed by atoms with van der Waals surface area (Å²) in [5.74, 6) is 1.44. The molecule has 0 spiro atoms. The number of allylic oxidation sites excluding steroid dienone is 4. The van der Waals surface area contributed by atoms with Crippen molar-refractivity contribution < 1.29 is 4.79 Å². The number of ketones is 1. The molecule has 2 fully saturated rings. The van der Waals surface area contributed by atoms with E-state index in [-0.39, 0.29) is 16.6 Å². The monoisotopic (exact) mass is 536 g/mol. The third-order valence-electron chi connectivity index (χ3n) is 10.8. The third kappa shape index (κ3) is 4.54. The van der Waals surface area contributed by atoms with Gasteiger partial charge in [0.2, 0.25) is 0 Å². The Labute approximate surface area is 242 Å². The molecule has 0 radical (unpaired) electrons. The second kappa shape index (κ2) is 10.2. The van der Waals surface area contributed by atoms with Crippen molar-refractivity contribution in [3.05, 3.63) is 82.2 Å². The number of carbonyl (C=O) groups is 1. The van der Waals surface area contributed by atoms with Crippen molar-refractivity contribution in [2.45, 2.75) is 115 Å². The van der Waals surface area contributed by atoms with Crippen LogP contribution in [0.3, 0.4) is 0 Å². The van der Waals surface area contributed by atoms with E-state index in [1.165, 1.54) is 97.8 Å². The molecular formula is C37H48N2O. The van der Waals surface area contributed by atoms with Crippen LogP contribution < -0.4 is 9.80 Å². The molecule has 2 aromatic rings. The van der Waals surface area contributed by atoms with Gasteiger partial charge in [0.05, 0.1) is 0 Å². The fourth-order valence-electron chi connectivity index (χ4n) is 8.31. The van der Waals surface area contributed by atoms with Crippen molar-refractivity contribution in [2.75, 3.05) is 23.9 Å². The molecule has 0 saturated heterocycles. The highest BCUT2D eigenvalue weighted by Gasteiger charge is 2.41. The number of anilines is 2. The van der Waals surface area contributed by atoms with Gasteiger partial charge in [0.25, 0.3) is 0 Å². The van der Waals surface area contributed by atoms with Crippen LogP contribution in [0.1, 0.15) is 126 Å². The summed E-state index contributed by atoms with van der Waals surface area (Å²) in [5.41, 5.74) is 9.88. The van der Waals surface area contributed by atoms with Crippen LogP contribution in [0.25, 0.3) is 0 Å². The van der Waals surface area contributed by atoms with Crippen molar-refractivity contribution in [1.82, 2.24) is 0 Å². The third-order valence-corrected chi connectivity index (χ3v) is 10.8. The Morgan fingerprint density at radius 2 is 1.02 bits per heavy atom. The zero-order valence-corrected chi connectivity index (χ0v) is 25.6. The van der Waals surface area contributed by atoms with E-state index in [2.05, 4.69) is 88.0 Å². The molecule has 2 aliphatic heterocycles. The molecule has 212 valence electrons. The predicted octanol–water partition coefficient (Wildman–Crippen LogP) is 9.27. The van der Waals surface area contributed by atoms with Gasteiger partial charge in [-0.25, -0.2) is 0 Å². The standard InChI is InChI=1S/C37H48N2O/c1-36(2)30-21-27(25-13-9-7-10-14-25)17-19-32(30)38(5)34(36)23-29(40)24-35-37(3,4)31-22-28(18-20-33(31)39(35)6)26-15-11-8-12-16-26/h17-26H,7-16H2,1-6H3/b34-23+,35-24+. The maximum absolute atomic E-state index is 13.7. The molecule has 2 heterocycles. The summed E-state index contributed by atoms with van der Waals surface area (Å²) in [4.78, 5) is 18.2. The minimum Gasteiger partial charge on any atom is -0.347 e. The highest BCUT2D eigenvalue weighted by Crippen LogP contribution is 2.50. The van der Waals surface area contributed by atoms with E-state index in [1.807, 2.05) is 12.2 Å². The highest BCUT2D eigenvalue weighted by atomic mass is 16.1. The number of likely N-dealkylation sites (N-methyl/N-ethyl adjacent to an activating group) is 2. The summed E-state index contributed by atoms with van der Waals surface area (Å²) < 4.78 is 0. The number of hydrogen-bond donors (Lipinski definition) is 0. The van der Waals surface area contributed by atoms with E-state index in [9.17, 15) is 4.79 Å². The summed E-state index contributed by atoms with van der Waals surface area (Å²) >= 11 is 0. The minimum atomic E-state index is -0.210. The number of rotatable bonds is 4. The smallest absolute Gasteiger partial charge is 0.182 e. The Morgan fingerprint density at radius 3 is 1.40 bits per heavy atom. The van der Waals surface area contributed by atoms with E-state index in [1.54, 1.807) is 0 Å². The summed E-state index contributed by atoms with van der Waals surface area (Å²) in [5, 5.41) is 0. The van der Waals surface area contributed by atoms with Gasteiger partial charge in [0, 0.05) is 59.8 Å². The fraction of sp³-hybridized carbons (Fsp3) is 0.541. The molecule has 0 unspecified atom stereocenters. The molecule has 3 nitrogen and oxygen atoms in total. The molecule has 2 aromatic carbocycles. The first-order valence-electron chi connectivity index (χ1n) is 15.8. The first-order chi connectivity index (χ1) is 19.1. The normalized spacial score (nSPS) is 24.6. The van der Waals surface area contributed by atoms with E-state index in [0.717, 1.165) is 11.4 Å². The van der Waals surface area contributed by atoms with Crippen LogP contribution in [0.15, 0.2) is 59.9 Å². The van der Waals surface area contributed by atoms with Gasteiger partial charge >= 0.3 is 0 Å². The first kappa shape index (κ1) is 27.4. The van der Waals surface area contributed by atoms with Gasteiger partial charge in [0.1, 0.15) is 0 Å². The second-order valence-corrected chi connectivity index (χ2v) is 14.1. The molecule has 0 atom stereocenters. The van der Waals surface area contributed by atoms with Crippen molar-refractivity contribution in [3.63, 3.8) is 0 Å². The quantitative estimate of drug-likeness (QED) is 0.364. The van der Waals surface area contributed by atoms with E-state index < -0.39 is 0 Å². The molecule has 0 aromatic heterocycles. The van der Waals surface area contributed by atoms with Gasteiger partial charge in [-0.15, -0.1) is 0 Å². The topological polar surface area (TPSA) is 23.6 Å². The average Bonchev–Trinajstić information content (AvgIpc) is 3.27. The Kier molecular flexibility index (Phi) is 7.00. The SMILES string of the molecule is CN1/C(=C/C(=O)/C=C2/N(C)c3ccc(C4CCCCC4)cc3C2(C)C)C(C)(C)c2cc(C3CCCCC3)ccc21. The fourth-order valence-corrected chi connectivity index (χ4v) is 8.31. The molecular weight excluding hydrogens is 488 g/mol. The zero-order valence-electron chi connectivity index (χ0n) is 25.6. The number of carbonyl (C=O) groups excluding carboxylic acids is 1. The van der Waals surface area contributed by atoms with Gasteiger partial charge in [-0.3, -0.25) is 4.79 Å². The molecule has 4 aliphatic rings. The Balaban J connectivity index is 1.28. The van der Waals surface area contributed by atoms with Gasteiger partial charge in [-0.1, -0.05) is 90.5 Å². The molecule has 3 heteroatoms. The molecule has 2 saturated carbocycles. The number of hydrogen-bond acceptors (Lipinski definition) is 3. The first-order valence-corrected chi connectivity index (χ1v) is 15.8. The highest BCUT2D eigenvalue weighted by molar-refractivity contribution is 6.02. The van der Waals surface area contributed by atoms with Gasteiger partial charge in [-0.05, 0) is 71.9 Å². The Hall–Kier alpha value is -2.81. The lowest BCUT2D eigenvalue weighted by Gasteiger charge is -2.26. The minimum absolute atomic E-state index is 0.0745. The largest absolute Gasteiger partial charge is 0.347 e. The maximum atomic E-state index is 13.7. The van der Waals surface area contributed by atoms with E-state index >= 15 is 0 Å². The molecule has 2 aliphatic carbocycles. The number of nitrogens with zero attached hydrogens (tertiary/aromatic N) is 2. The van der Waals surface area contributed by atoms with Crippen molar-refractivity contribution in [2.24, 2.45) is 0 Å². The summed E-state index contributed by atoms with van der Waals surface area (Å²) in [7, 11) is 4.24.